The van der Waals surface area contributed by atoms with E-state index in [4.69, 9.17) is 9.47 Å². The predicted octanol–water partition coefficient (Wildman–Crippen LogP) is 3.63. The van der Waals surface area contributed by atoms with Crippen LogP contribution >= 0.6 is 0 Å². The van der Waals surface area contributed by atoms with E-state index in [1.54, 1.807) is 25.3 Å². The van der Waals surface area contributed by atoms with Crippen molar-refractivity contribution in [2.45, 2.75) is 33.9 Å². The Morgan fingerprint density at radius 3 is 2.50 bits per heavy atom. The Balaban J connectivity index is 1.59. The molecule has 0 bridgehead atoms. The number of hydrogen-bond donors (Lipinski definition) is 1. The van der Waals surface area contributed by atoms with Gasteiger partial charge in [0, 0.05) is 0 Å². The van der Waals surface area contributed by atoms with Crippen molar-refractivity contribution in [3.05, 3.63) is 82.9 Å². The van der Waals surface area contributed by atoms with Crippen LogP contribution in [0.15, 0.2) is 70.5 Å². The molecule has 0 aliphatic carbocycles. The molecule has 1 atom stereocenters. The van der Waals surface area contributed by atoms with Gasteiger partial charge in [-0.1, -0.05) is 0 Å². The molecule has 3 aromatic carbocycles. The number of benzene rings is 3. The zero-order chi connectivity index (χ0) is 22.7. The summed E-state index contributed by atoms with van der Waals surface area (Å²) in [6.07, 6.45) is 1.68. The van der Waals surface area contributed by atoms with Gasteiger partial charge in [0.15, 0.2) is 0 Å². The molecule has 1 unspecified atom stereocenters. The van der Waals surface area contributed by atoms with Crippen LogP contribution < -0.4 is 14.8 Å². The average Bonchev–Trinajstić information content (AvgIpc) is 2.83. The molecule has 1 N–H and O–H groups in total. The zero-order valence-electron chi connectivity index (χ0n) is 18.2. The maximum absolute atomic E-state index is 13.4. The second-order valence-corrected chi connectivity index (χ2v) is 11.1. The fourth-order valence-electron chi connectivity index (χ4n) is 3.99. The van der Waals surface area contributed by atoms with Crippen molar-refractivity contribution in [2.75, 3.05) is 20.8 Å². The van der Waals surface area contributed by atoms with Crippen molar-refractivity contribution >= 4 is 26.7 Å². The van der Waals surface area contributed by atoms with Crippen LogP contribution in [0.3, 0.4) is 0 Å². The summed E-state index contributed by atoms with van der Waals surface area (Å²) < 4.78 is 37.8. The second-order valence-electron chi connectivity index (χ2n) is 7.84. The van der Waals surface area contributed by atoms with Gasteiger partial charge in [0.1, 0.15) is 0 Å². The van der Waals surface area contributed by atoms with E-state index in [9.17, 15) is 8.42 Å². The fourth-order valence-corrected chi connectivity index (χ4v) is 6.25. The molecule has 0 amide bonds. The zero-order valence-corrected chi connectivity index (χ0v) is 20.9. The van der Waals surface area contributed by atoms with Crippen molar-refractivity contribution in [3.8, 4) is 11.5 Å². The summed E-state index contributed by atoms with van der Waals surface area (Å²) in [5.74, 6) is 1.23. The first kappa shape index (κ1) is 22.9. The van der Waals surface area contributed by atoms with E-state index < -0.39 is 9.84 Å². The predicted molar refractivity (Wildman–Crippen MR) is 125 cm³/mol. The number of nitrogens with one attached hydrogen (secondary N) is 1. The van der Waals surface area contributed by atoms with E-state index in [0.717, 1.165) is 41.8 Å². The van der Waals surface area contributed by atoms with Crippen molar-refractivity contribution in [1.82, 2.24) is 5.32 Å². The SMILES string of the molecule is COc1cccc(CC([As])c2ccc(S(=O)(=O)c3cc4c(cc3OC)CCNC4)cc2)c1. The molecule has 0 saturated heterocycles. The van der Waals surface area contributed by atoms with Crippen molar-refractivity contribution in [3.63, 3.8) is 0 Å². The van der Waals surface area contributed by atoms with Crippen molar-refractivity contribution < 1.29 is 17.9 Å². The summed E-state index contributed by atoms with van der Waals surface area (Å²) in [5, 5.41) is 3.30. The third-order valence-electron chi connectivity index (χ3n) is 5.80. The molecule has 1 aliphatic rings. The van der Waals surface area contributed by atoms with E-state index in [-0.39, 0.29) is 14.5 Å². The van der Waals surface area contributed by atoms with Gasteiger partial charge in [0.05, 0.1) is 0 Å². The molecule has 166 valence electrons. The van der Waals surface area contributed by atoms with Gasteiger partial charge in [-0.25, -0.2) is 0 Å². The van der Waals surface area contributed by atoms with Gasteiger partial charge >= 0.3 is 199 Å². The fraction of sp³-hybridized carbons (Fsp3) is 0.280. The molecule has 0 aromatic heterocycles. The molecular weight excluding hydrogens is 485 g/mol. The monoisotopic (exact) mass is 511 g/mol. The van der Waals surface area contributed by atoms with Gasteiger partial charge in [0.2, 0.25) is 0 Å². The Bertz CT molecular complexity index is 1210. The van der Waals surface area contributed by atoms with Crippen LogP contribution in [0.25, 0.3) is 0 Å². The van der Waals surface area contributed by atoms with Gasteiger partial charge in [-0.15, -0.1) is 0 Å². The van der Waals surface area contributed by atoms with E-state index >= 15 is 0 Å². The summed E-state index contributed by atoms with van der Waals surface area (Å²) in [4.78, 5) is 0.486. The maximum atomic E-state index is 13.4. The summed E-state index contributed by atoms with van der Waals surface area (Å²) >= 11 is 2.67. The average molecular weight is 511 g/mol. The molecule has 0 spiro atoms. The Morgan fingerprint density at radius 2 is 1.78 bits per heavy atom. The van der Waals surface area contributed by atoms with E-state index in [2.05, 4.69) is 28.2 Å². The molecule has 32 heavy (non-hydrogen) atoms. The molecule has 7 heteroatoms. The summed E-state index contributed by atoms with van der Waals surface area (Å²) in [7, 11) is -0.524. The third-order valence-corrected chi connectivity index (χ3v) is 8.60. The van der Waals surface area contributed by atoms with Crippen LogP contribution in [0.4, 0.5) is 0 Å². The first-order valence-electron chi connectivity index (χ1n) is 10.5. The Labute approximate surface area is 198 Å². The van der Waals surface area contributed by atoms with Crippen molar-refractivity contribution in [1.29, 1.82) is 0 Å². The molecule has 0 fully saturated rings. The number of methoxy groups -OCH3 is 2. The standard InChI is InChI=1S/C25H26AsNO4S/c1-30-21-5-3-4-17(12-21)13-23(26)18-6-8-22(9-7-18)32(28,29)25-15-20-16-27-11-10-19(20)14-24(25)31-2/h3-9,12,14-15,23,27H,10-11,13,16H2,1-2H3. The van der Waals surface area contributed by atoms with Crippen LogP contribution in [0.2, 0.25) is 0 Å². The Kier molecular flexibility index (Phi) is 6.94. The number of hydrogen-bond acceptors (Lipinski definition) is 5. The molecular formula is C25H26AsNO4S. The van der Waals surface area contributed by atoms with Gasteiger partial charge in [-0.3, -0.25) is 0 Å². The molecule has 0 saturated carbocycles. The van der Waals surface area contributed by atoms with E-state index in [1.807, 2.05) is 36.4 Å². The summed E-state index contributed by atoms with van der Waals surface area (Å²) in [5.41, 5.74) is 4.38. The normalized spacial score (nSPS) is 14.5. The number of rotatable bonds is 7. The molecule has 5 nitrogen and oxygen atoms in total. The molecule has 1 aliphatic heterocycles. The minimum absolute atomic E-state index is 0.177. The molecule has 1 heterocycles. The van der Waals surface area contributed by atoms with E-state index in [0.29, 0.717) is 12.3 Å². The summed E-state index contributed by atoms with van der Waals surface area (Å²) in [6.45, 7) is 1.55. The minimum atomic E-state index is -3.70. The third kappa shape index (κ3) is 4.73. The summed E-state index contributed by atoms with van der Waals surface area (Å²) in [6, 6.07) is 18.8. The molecule has 2 radical (unpaired) electrons. The first-order valence-corrected chi connectivity index (χ1v) is 13.1. The quantitative estimate of drug-likeness (QED) is 0.491. The molecule has 4 rings (SSSR count). The topological polar surface area (TPSA) is 64.6 Å². The van der Waals surface area contributed by atoms with Gasteiger partial charge < -0.3 is 0 Å². The van der Waals surface area contributed by atoms with Gasteiger partial charge in [-0.05, 0) is 0 Å². The van der Waals surface area contributed by atoms with E-state index in [1.165, 1.54) is 12.7 Å². The van der Waals surface area contributed by atoms with Crippen LogP contribution in [-0.4, -0.2) is 46.0 Å². The Hall–Kier alpha value is -2.27. The van der Waals surface area contributed by atoms with Gasteiger partial charge in [-0.2, -0.15) is 0 Å². The number of fused-ring (bicyclic) bond motifs is 1. The Morgan fingerprint density at radius 1 is 1.00 bits per heavy atom. The van der Waals surface area contributed by atoms with Crippen molar-refractivity contribution in [2.24, 2.45) is 0 Å². The second kappa shape index (κ2) is 9.70. The number of ether oxygens (including phenoxy) is 2. The first-order chi connectivity index (χ1) is 15.4. The van der Waals surface area contributed by atoms with Gasteiger partial charge in [0.25, 0.3) is 0 Å². The number of sulfone groups is 1. The van der Waals surface area contributed by atoms with Crippen LogP contribution in [-0.2, 0) is 29.2 Å². The van der Waals surface area contributed by atoms with Crippen LogP contribution in [0.5, 0.6) is 11.5 Å². The van der Waals surface area contributed by atoms with Crippen LogP contribution in [0.1, 0.15) is 27.0 Å². The molecule has 3 aromatic rings. The van der Waals surface area contributed by atoms with Crippen LogP contribution in [0, 0.1) is 0 Å².